The number of rotatable bonds is 6. The van der Waals surface area contributed by atoms with E-state index in [4.69, 9.17) is 4.74 Å². The predicted molar refractivity (Wildman–Crippen MR) is 71.3 cm³/mol. The molecule has 0 aliphatic heterocycles. The minimum absolute atomic E-state index is 0.0896. The molecule has 0 saturated heterocycles. The molecule has 0 radical (unpaired) electrons. The summed E-state index contributed by atoms with van der Waals surface area (Å²) in [6, 6.07) is 7.48. The summed E-state index contributed by atoms with van der Waals surface area (Å²) in [5.74, 6) is 0. The van der Waals surface area contributed by atoms with Crippen molar-refractivity contribution >= 4 is 12.2 Å². The minimum Gasteiger partial charge on any atom is -0.447 e. The topological polar surface area (TPSA) is 67.8 Å². The van der Waals surface area contributed by atoms with Crippen LogP contribution in [0.4, 0.5) is 4.79 Å². The second-order valence-corrected chi connectivity index (χ2v) is 4.21. The van der Waals surface area contributed by atoms with Crippen molar-refractivity contribution in [2.75, 3.05) is 0 Å². The molecule has 0 heterocycles. The quantitative estimate of drug-likeness (QED) is 0.632. The number of amides is 1. The number of isocyanates is 1. The Bertz CT molecular complexity index is 468. The lowest BCUT2D eigenvalue weighted by molar-refractivity contribution is 0.104. The van der Waals surface area contributed by atoms with E-state index in [0.29, 0.717) is 13.1 Å². The van der Waals surface area contributed by atoms with Crippen molar-refractivity contribution in [3.8, 4) is 0 Å². The molecular formula is C14H18N2O3. The Labute approximate surface area is 112 Å². The van der Waals surface area contributed by atoms with E-state index in [9.17, 15) is 9.59 Å². The smallest absolute Gasteiger partial charge is 0.407 e. The summed E-state index contributed by atoms with van der Waals surface area (Å²) in [6.45, 7) is 4.48. The summed E-state index contributed by atoms with van der Waals surface area (Å²) in [5.41, 5.74) is 1.83. The molecule has 1 rings (SSSR count). The first-order chi connectivity index (χ1) is 9.15. The molecule has 0 fully saturated rings. The Morgan fingerprint density at radius 2 is 2.21 bits per heavy atom. The summed E-state index contributed by atoms with van der Waals surface area (Å²) in [7, 11) is 0. The molecule has 0 aliphatic carbocycles. The molecule has 1 aromatic rings. The molecule has 19 heavy (non-hydrogen) atoms. The number of aliphatic imine (C=N–C) groups is 1. The van der Waals surface area contributed by atoms with Gasteiger partial charge in [-0.3, -0.25) is 0 Å². The summed E-state index contributed by atoms with van der Waals surface area (Å²) < 4.78 is 5.10. The van der Waals surface area contributed by atoms with Crippen LogP contribution in [0.3, 0.4) is 0 Å². The molecule has 5 nitrogen and oxygen atoms in total. The molecule has 102 valence electrons. The second kappa shape index (κ2) is 8.06. The van der Waals surface area contributed by atoms with Crippen LogP contribution in [0, 0.1) is 0 Å². The third kappa shape index (κ3) is 5.84. The van der Waals surface area contributed by atoms with Crippen LogP contribution in [0.2, 0.25) is 0 Å². The fourth-order valence-electron chi connectivity index (χ4n) is 1.44. The highest BCUT2D eigenvalue weighted by Crippen LogP contribution is 2.06. The summed E-state index contributed by atoms with van der Waals surface area (Å²) >= 11 is 0. The second-order valence-electron chi connectivity index (χ2n) is 4.21. The summed E-state index contributed by atoms with van der Waals surface area (Å²) in [5, 5.41) is 2.68. The Hall–Kier alpha value is -2.13. The molecule has 0 saturated carbocycles. The third-order valence-electron chi connectivity index (χ3n) is 2.64. The van der Waals surface area contributed by atoms with Gasteiger partial charge >= 0.3 is 6.09 Å². The highest BCUT2D eigenvalue weighted by molar-refractivity contribution is 5.67. The maximum absolute atomic E-state index is 11.4. The van der Waals surface area contributed by atoms with E-state index in [-0.39, 0.29) is 6.10 Å². The first kappa shape index (κ1) is 14.9. The Kier molecular flexibility index (Phi) is 6.33. The Morgan fingerprint density at radius 3 is 2.89 bits per heavy atom. The van der Waals surface area contributed by atoms with Crippen LogP contribution in [0.5, 0.6) is 0 Å². The van der Waals surface area contributed by atoms with Gasteiger partial charge in [0.25, 0.3) is 0 Å². The van der Waals surface area contributed by atoms with Crippen LogP contribution in [-0.4, -0.2) is 18.3 Å². The predicted octanol–water partition coefficient (Wildman–Crippen LogP) is 2.55. The monoisotopic (exact) mass is 262 g/mol. The van der Waals surface area contributed by atoms with Crippen molar-refractivity contribution in [3.63, 3.8) is 0 Å². The first-order valence-corrected chi connectivity index (χ1v) is 6.21. The number of ether oxygens (including phenoxy) is 1. The number of nitrogens with zero attached hydrogens (tertiary/aromatic N) is 1. The lowest BCUT2D eigenvalue weighted by Crippen LogP contribution is -2.27. The van der Waals surface area contributed by atoms with Gasteiger partial charge in [-0.1, -0.05) is 31.2 Å². The minimum atomic E-state index is -0.425. The van der Waals surface area contributed by atoms with Gasteiger partial charge < -0.3 is 10.1 Å². The zero-order valence-electron chi connectivity index (χ0n) is 11.2. The van der Waals surface area contributed by atoms with Gasteiger partial charge in [-0.2, -0.15) is 0 Å². The zero-order valence-corrected chi connectivity index (χ0v) is 11.2. The maximum atomic E-state index is 11.4. The number of carbonyl (C=O) groups is 1. The van der Waals surface area contributed by atoms with Gasteiger partial charge in [-0.05, 0) is 24.5 Å². The van der Waals surface area contributed by atoms with Crippen molar-refractivity contribution in [1.82, 2.24) is 5.32 Å². The molecule has 0 aromatic heterocycles. The van der Waals surface area contributed by atoms with Gasteiger partial charge in [-0.15, -0.1) is 0 Å². The average molecular weight is 262 g/mol. The molecule has 0 bridgehead atoms. The van der Waals surface area contributed by atoms with E-state index in [0.717, 1.165) is 17.5 Å². The van der Waals surface area contributed by atoms with Crippen LogP contribution in [0.15, 0.2) is 29.3 Å². The highest BCUT2D eigenvalue weighted by atomic mass is 16.6. The van der Waals surface area contributed by atoms with Gasteiger partial charge in [0.2, 0.25) is 6.08 Å². The molecule has 1 atom stereocenters. The van der Waals surface area contributed by atoms with Crippen LogP contribution >= 0.6 is 0 Å². The largest absolute Gasteiger partial charge is 0.447 e. The number of alkyl carbamates (subject to hydrolysis) is 1. The molecule has 5 heteroatoms. The van der Waals surface area contributed by atoms with Crippen molar-refractivity contribution in [2.24, 2.45) is 4.99 Å². The van der Waals surface area contributed by atoms with E-state index >= 15 is 0 Å². The summed E-state index contributed by atoms with van der Waals surface area (Å²) in [4.78, 5) is 25.0. The van der Waals surface area contributed by atoms with Gasteiger partial charge in [-0.25, -0.2) is 14.6 Å². The van der Waals surface area contributed by atoms with E-state index in [1.807, 2.05) is 38.1 Å². The first-order valence-electron chi connectivity index (χ1n) is 6.21. The van der Waals surface area contributed by atoms with Gasteiger partial charge in [0.05, 0.1) is 6.54 Å². The normalized spacial score (nSPS) is 11.3. The molecule has 0 spiro atoms. The fraction of sp³-hybridized carbons (Fsp3) is 0.429. The number of hydrogen-bond acceptors (Lipinski definition) is 4. The van der Waals surface area contributed by atoms with E-state index < -0.39 is 6.09 Å². The van der Waals surface area contributed by atoms with Gasteiger partial charge in [0.15, 0.2) is 0 Å². The Morgan fingerprint density at radius 1 is 1.47 bits per heavy atom. The van der Waals surface area contributed by atoms with Crippen molar-refractivity contribution in [2.45, 2.75) is 39.5 Å². The maximum Gasteiger partial charge on any atom is 0.407 e. The molecule has 1 aromatic carbocycles. The lowest BCUT2D eigenvalue weighted by atomic mass is 10.1. The lowest BCUT2D eigenvalue weighted by Gasteiger charge is -2.12. The molecule has 1 unspecified atom stereocenters. The SMILES string of the molecule is CCC(C)OC(=O)NCc1cccc(CN=C=O)c1. The van der Waals surface area contributed by atoms with E-state index in [1.165, 1.54) is 6.08 Å². The van der Waals surface area contributed by atoms with Crippen molar-refractivity contribution in [1.29, 1.82) is 0 Å². The number of nitrogens with one attached hydrogen (secondary N) is 1. The van der Waals surface area contributed by atoms with Crippen molar-refractivity contribution < 1.29 is 14.3 Å². The molecular weight excluding hydrogens is 244 g/mol. The Balaban J connectivity index is 2.48. The van der Waals surface area contributed by atoms with Crippen LogP contribution in [0.25, 0.3) is 0 Å². The van der Waals surface area contributed by atoms with Crippen LogP contribution < -0.4 is 5.32 Å². The highest BCUT2D eigenvalue weighted by Gasteiger charge is 2.06. The summed E-state index contributed by atoms with van der Waals surface area (Å²) in [6.07, 6.45) is 1.77. The average Bonchev–Trinajstić information content (AvgIpc) is 2.43. The van der Waals surface area contributed by atoms with Crippen molar-refractivity contribution in [3.05, 3.63) is 35.4 Å². The number of hydrogen-bond donors (Lipinski definition) is 1. The van der Waals surface area contributed by atoms with E-state index in [1.54, 1.807) is 0 Å². The fourth-order valence-corrected chi connectivity index (χ4v) is 1.44. The molecule has 1 amide bonds. The third-order valence-corrected chi connectivity index (χ3v) is 2.64. The standard InChI is InChI=1S/C14H18N2O3/c1-3-11(2)19-14(18)16-9-13-6-4-5-12(7-13)8-15-10-17/h4-7,11H,3,8-9H2,1-2H3,(H,16,18). The zero-order chi connectivity index (χ0) is 14.1. The van der Waals surface area contributed by atoms with Crippen LogP contribution in [-0.2, 0) is 22.6 Å². The molecule has 1 N–H and O–H groups in total. The van der Waals surface area contributed by atoms with Gasteiger partial charge in [0.1, 0.15) is 6.10 Å². The number of benzene rings is 1. The van der Waals surface area contributed by atoms with E-state index in [2.05, 4.69) is 10.3 Å². The van der Waals surface area contributed by atoms with Crippen LogP contribution in [0.1, 0.15) is 31.4 Å². The number of carbonyl (C=O) groups excluding carboxylic acids is 2. The molecule has 0 aliphatic rings. The van der Waals surface area contributed by atoms with Gasteiger partial charge in [0, 0.05) is 6.54 Å².